The molecule has 0 spiro atoms. The monoisotopic (exact) mass is 423 g/mol. The molecule has 1 aliphatic heterocycles. The Morgan fingerprint density at radius 1 is 1.06 bits per heavy atom. The summed E-state index contributed by atoms with van der Waals surface area (Å²) in [6.07, 6.45) is 13.9. The molecule has 0 bridgehead atoms. The molecule has 0 radical (unpaired) electrons. The molecule has 3 heterocycles. The van der Waals surface area contributed by atoms with Gasteiger partial charge in [-0.05, 0) is 70.9 Å². The largest absolute Gasteiger partial charge is 0.353 e. The van der Waals surface area contributed by atoms with Gasteiger partial charge in [0.1, 0.15) is 0 Å². The van der Waals surface area contributed by atoms with Crippen LogP contribution in [0.15, 0.2) is 6.07 Å². The Kier molecular flexibility index (Phi) is 6.00. The molecule has 1 amide bonds. The summed E-state index contributed by atoms with van der Waals surface area (Å²) in [5, 5.41) is 8.25. The van der Waals surface area contributed by atoms with Gasteiger partial charge in [-0.25, -0.2) is 9.50 Å². The number of carbonyl (C=O) groups is 1. The second-order valence-corrected chi connectivity index (χ2v) is 9.98. The van der Waals surface area contributed by atoms with E-state index in [1.54, 1.807) is 0 Å². The van der Waals surface area contributed by atoms with Gasteiger partial charge in [-0.3, -0.25) is 9.69 Å². The van der Waals surface area contributed by atoms with E-state index in [0.29, 0.717) is 18.5 Å². The molecule has 1 saturated heterocycles. The number of likely N-dealkylation sites (tertiary alicyclic amines) is 1. The first-order valence-corrected chi connectivity index (χ1v) is 12.5. The second-order valence-electron chi connectivity index (χ2n) is 9.98. The number of rotatable bonds is 6. The summed E-state index contributed by atoms with van der Waals surface area (Å²) in [6.45, 7) is 5.41. The van der Waals surface area contributed by atoms with E-state index >= 15 is 0 Å². The summed E-state index contributed by atoms with van der Waals surface area (Å²) in [5.74, 6) is 0.171. The SMILES string of the molecule is Cc1nc2cc([C@@H]3CCCN3C3CCCC3)nn2c(C)c1CCC(=O)NC1CCCC1. The van der Waals surface area contributed by atoms with Gasteiger partial charge in [0.05, 0.1) is 11.7 Å². The minimum atomic E-state index is 0.171. The fourth-order valence-corrected chi connectivity index (χ4v) is 6.26. The molecule has 168 valence electrons. The van der Waals surface area contributed by atoms with E-state index < -0.39 is 0 Å². The maximum atomic E-state index is 12.4. The molecule has 3 fully saturated rings. The summed E-state index contributed by atoms with van der Waals surface area (Å²) in [7, 11) is 0. The Bertz CT molecular complexity index is 939. The molecule has 1 N–H and O–H groups in total. The third-order valence-electron chi connectivity index (χ3n) is 7.93. The van der Waals surface area contributed by atoms with E-state index in [-0.39, 0.29) is 5.91 Å². The maximum absolute atomic E-state index is 12.4. The molecule has 3 aliphatic rings. The van der Waals surface area contributed by atoms with Crippen molar-refractivity contribution in [3.8, 4) is 0 Å². The summed E-state index contributed by atoms with van der Waals surface area (Å²) >= 11 is 0. The van der Waals surface area contributed by atoms with Gasteiger partial charge < -0.3 is 5.32 Å². The molecule has 5 rings (SSSR count). The van der Waals surface area contributed by atoms with Crippen LogP contribution in [0.3, 0.4) is 0 Å². The highest BCUT2D eigenvalue weighted by molar-refractivity contribution is 5.76. The van der Waals surface area contributed by atoms with Gasteiger partial charge in [0.2, 0.25) is 5.91 Å². The minimum Gasteiger partial charge on any atom is -0.353 e. The molecule has 2 aliphatic carbocycles. The first-order chi connectivity index (χ1) is 15.1. The summed E-state index contributed by atoms with van der Waals surface area (Å²) < 4.78 is 2.03. The van der Waals surface area contributed by atoms with Crippen LogP contribution in [-0.4, -0.2) is 44.0 Å². The van der Waals surface area contributed by atoms with Gasteiger partial charge in [-0.15, -0.1) is 0 Å². The zero-order chi connectivity index (χ0) is 21.4. The number of nitrogens with one attached hydrogen (secondary N) is 1. The van der Waals surface area contributed by atoms with Crippen molar-refractivity contribution in [1.82, 2.24) is 24.8 Å². The van der Waals surface area contributed by atoms with E-state index in [1.807, 2.05) is 4.52 Å². The predicted molar refractivity (Wildman–Crippen MR) is 122 cm³/mol. The number of aryl methyl sites for hydroxylation is 2. The molecule has 2 aromatic heterocycles. The van der Waals surface area contributed by atoms with E-state index in [9.17, 15) is 4.79 Å². The maximum Gasteiger partial charge on any atom is 0.220 e. The summed E-state index contributed by atoms with van der Waals surface area (Å²) in [5.41, 5.74) is 5.46. The smallest absolute Gasteiger partial charge is 0.220 e. The van der Waals surface area contributed by atoms with Crippen LogP contribution in [-0.2, 0) is 11.2 Å². The van der Waals surface area contributed by atoms with Crippen molar-refractivity contribution in [2.75, 3.05) is 6.54 Å². The Morgan fingerprint density at radius 2 is 1.81 bits per heavy atom. The number of hydrogen-bond donors (Lipinski definition) is 1. The summed E-state index contributed by atoms with van der Waals surface area (Å²) in [4.78, 5) is 20.0. The average Bonchev–Trinajstić information content (AvgIpc) is 3.53. The van der Waals surface area contributed by atoms with Crippen LogP contribution >= 0.6 is 0 Å². The fraction of sp³-hybridized carbons (Fsp3) is 0.720. The van der Waals surface area contributed by atoms with E-state index in [1.165, 1.54) is 69.2 Å². The second kappa shape index (κ2) is 8.89. The topological polar surface area (TPSA) is 62.5 Å². The van der Waals surface area contributed by atoms with Crippen molar-refractivity contribution < 1.29 is 4.79 Å². The van der Waals surface area contributed by atoms with Crippen LogP contribution in [0.25, 0.3) is 5.65 Å². The van der Waals surface area contributed by atoms with Crippen LogP contribution in [0.4, 0.5) is 0 Å². The van der Waals surface area contributed by atoms with Crippen molar-refractivity contribution in [1.29, 1.82) is 0 Å². The zero-order valence-electron chi connectivity index (χ0n) is 19.2. The van der Waals surface area contributed by atoms with E-state index in [0.717, 1.165) is 42.3 Å². The lowest BCUT2D eigenvalue weighted by atomic mass is 10.1. The molecule has 1 atom stereocenters. The van der Waals surface area contributed by atoms with Crippen molar-refractivity contribution >= 4 is 11.6 Å². The first kappa shape index (κ1) is 20.9. The van der Waals surface area contributed by atoms with E-state index in [2.05, 4.69) is 30.1 Å². The quantitative estimate of drug-likeness (QED) is 0.747. The number of hydrogen-bond acceptors (Lipinski definition) is 4. The Labute approximate surface area is 185 Å². The zero-order valence-corrected chi connectivity index (χ0v) is 19.2. The van der Waals surface area contributed by atoms with Crippen LogP contribution in [0.5, 0.6) is 0 Å². The summed E-state index contributed by atoms with van der Waals surface area (Å²) in [6, 6.07) is 3.76. The van der Waals surface area contributed by atoms with Crippen LogP contribution < -0.4 is 5.32 Å². The van der Waals surface area contributed by atoms with Gasteiger partial charge in [0.25, 0.3) is 0 Å². The fourth-order valence-electron chi connectivity index (χ4n) is 6.26. The van der Waals surface area contributed by atoms with Gasteiger partial charge >= 0.3 is 0 Å². The van der Waals surface area contributed by atoms with Crippen molar-refractivity contribution in [3.63, 3.8) is 0 Å². The average molecular weight is 424 g/mol. The lowest BCUT2D eigenvalue weighted by molar-refractivity contribution is -0.121. The van der Waals surface area contributed by atoms with Gasteiger partial charge in [-0.1, -0.05) is 25.7 Å². The number of amides is 1. The normalized spacial score (nSPS) is 23.4. The predicted octanol–water partition coefficient (Wildman–Crippen LogP) is 4.42. The van der Waals surface area contributed by atoms with Gasteiger partial charge in [-0.2, -0.15) is 5.10 Å². The van der Waals surface area contributed by atoms with Crippen molar-refractivity contribution in [2.45, 2.75) is 109 Å². The Morgan fingerprint density at radius 3 is 2.58 bits per heavy atom. The van der Waals surface area contributed by atoms with E-state index in [4.69, 9.17) is 10.1 Å². The van der Waals surface area contributed by atoms with Gasteiger partial charge in [0.15, 0.2) is 5.65 Å². The standard InChI is InChI=1S/C25H37N5O/c1-17-21(13-14-25(31)27-19-8-3-4-9-19)18(2)30-24(26-17)16-22(28-30)23-12-7-15-29(23)20-10-5-6-11-20/h16,19-20,23H,3-15H2,1-2H3,(H,27,31)/t23-/m0/s1. The molecule has 6 heteroatoms. The highest BCUT2D eigenvalue weighted by atomic mass is 16.1. The number of carbonyl (C=O) groups excluding carboxylic acids is 1. The third kappa shape index (κ3) is 4.23. The minimum absolute atomic E-state index is 0.171. The third-order valence-corrected chi connectivity index (χ3v) is 7.93. The molecule has 31 heavy (non-hydrogen) atoms. The van der Waals surface area contributed by atoms with Crippen LogP contribution in [0, 0.1) is 13.8 Å². The van der Waals surface area contributed by atoms with Crippen molar-refractivity contribution in [2.24, 2.45) is 0 Å². The molecule has 2 saturated carbocycles. The molecular formula is C25H37N5O. The lowest BCUT2D eigenvalue weighted by Gasteiger charge is -2.29. The highest BCUT2D eigenvalue weighted by Gasteiger charge is 2.34. The molecule has 2 aromatic rings. The number of nitrogens with zero attached hydrogens (tertiary/aromatic N) is 4. The first-order valence-electron chi connectivity index (χ1n) is 12.5. The van der Waals surface area contributed by atoms with Crippen molar-refractivity contribution in [3.05, 3.63) is 28.7 Å². The van der Waals surface area contributed by atoms with Gasteiger partial charge in [0, 0.05) is 36.0 Å². The Hall–Kier alpha value is -1.95. The lowest BCUT2D eigenvalue weighted by Crippen LogP contribution is -2.33. The molecular weight excluding hydrogens is 386 g/mol. The number of fused-ring (bicyclic) bond motifs is 1. The van der Waals surface area contributed by atoms with Crippen LogP contribution in [0.2, 0.25) is 0 Å². The molecule has 0 aromatic carbocycles. The highest BCUT2D eigenvalue weighted by Crippen LogP contribution is 2.38. The molecule has 6 nitrogen and oxygen atoms in total. The van der Waals surface area contributed by atoms with Crippen LogP contribution in [0.1, 0.15) is 99.3 Å². The number of aromatic nitrogens is 3. The molecule has 0 unspecified atom stereocenters. The Balaban J connectivity index is 1.33.